The van der Waals surface area contributed by atoms with Crippen LogP contribution in [0.3, 0.4) is 0 Å². The highest BCUT2D eigenvalue weighted by Crippen LogP contribution is 2.34. The highest BCUT2D eigenvalue weighted by atomic mass is 35.5. The third-order valence-electron chi connectivity index (χ3n) is 4.36. The van der Waals surface area contributed by atoms with Crippen molar-refractivity contribution in [1.82, 2.24) is 4.98 Å². The molecule has 0 saturated carbocycles. The second-order valence-electron chi connectivity index (χ2n) is 5.98. The fourth-order valence-corrected chi connectivity index (χ4v) is 3.21. The molecule has 0 saturated heterocycles. The first kappa shape index (κ1) is 16.6. The second kappa shape index (κ2) is 6.81. The van der Waals surface area contributed by atoms with Gasteiger partial charge in [0.1, 0.15) is 11.6 Å². The largest absolute Gasteiger partial charge is 0.497 e. The zero-order chi connectivity index (χ0) is 18.1. The van der Waals surface area contributed by atoms with E-state index in [2.05, 4.69) is 5.32 Å². The maximum atomic E-state index is 14.0. The topological polar surface area (TPSA) is 34.1 Å². The predicted molar refractivity (Wildman–Crippen MR) is 105 cm³/mol. The minimum atomic E-state index is -0.233. The Kier molecular flexibility index (Phi) is 4.35. The Morgan fingerprint density at radius 3 is 2.65 bits per heavy atom. The fraction of sp³-hybridized carbons (Fsp3) is 0.0952. The van der Waals surface area contributed by atoms with Crippen LogP contribution in [0.15, 0.2) is 60.7 Å². The molecule has 0 bridgehead atoms. The summed E-state index contributed by atoms with van der Waals surface area (Å²) in [6.07, 6.45) is 0. The second-order valence-corrected chi connectivity index (χ2v) is 6.41. The van der Waals surface area contributed by atoms with E-state index in [9.17, 15) is 4.39 Å². The van der Waals surface area contributed by atoms with Gasteiger partial charge in [-0.3, -0.25) is 0 Å². The molecule has 0 unspecified atom stereocenters. The summed E-state index contributed by atoms with van der Waals surface area (Å²) >= 11 is 6.13. The Morgan fingerprint density at radius 1 is 1.00 bits per heavy atom. The van der Waals surface area contributed by atoms with Gasteiger partial charge in [0, 0.05) is 27.9 Å². The van der Waals surface area contributed by atoms with Crippen LogP contribution in [0.25, 0.3) is 21.8 Å². The first-order valence-corrected chi connectivity index (χ1v) is 8.58. The number of hydrogen-bond donors (Lipinski definition) is 1. The summed E-state index contributed by atoms with van der Waals surface area (Å²) in [6.45, 7) is 0.362. The van der Waals surface area contributed by atoms with E-state index in [0.717, 1.165) is 33.2 Å². The van der Waals surface area contributed by atoms with Crippen molar-refractivity contribution in [3.8, 4) is 5.75 Å². The van der Waals surface area contributed by atoms with Gasteiger partial charge in [0.2, 0.25) is 0 Å². The monoisotopic (exact) mass is 366 g/mol. The molecule has 0 spiro atoms. The molecule has 1 aromatic heterocycles. The summed E-state index contributed by atoms with van der Waals surface area (Å²) in [5.74, 6) is 0.504. The molecule has 3 aromatic carbocycles. The van der Waals surface area contributed by atoms with Crippen molar-refractivity contribution in [2.24, 2.45) is 0 Å². The van der Waals surface area contributed by atoms with Crippen molar-refractivity contribution in [3.63, 3.8) is 0 Å². The number of pyridine rings is 1. The summed E-state index contributed by atoms with van der Waals surface area (Å²) in [6, 6.07) is 18.0. The van der Waals surface area contributed by atoms with Gasteiger partial charge >= 0.3 is 0 Å². The van der Waals surface area contributed by atoms with Crippen molar-refractivity contribution in [2.75, 3.05) is 12.4 Å². The lowest BCUT2D eigenvalue weighted by Gasteiger charge is -2.14. The van der Waals surface area contributed by atoms with Crippen LogP contribution in [0.2, 0.25) is 5.02 Å². The summed E-state index contributed by atoms with van der Waals surface area (Å²) in [5, 5.41) is 5.84. The van der Waals surface area contributed by atoms with Crippen LogP contribution in [0, 0.1) is 5.82 Å². The van der Waals surface area contributed by atoms with Crippen LogP contribution < -0.4 is 10.1 Å². The standard InChI is InChI=1S/C21H16ClFN2O/c1-26-15-7-9-19-17(11-15)21(16-8-6-14(22)10-20(16)25-19)24-12-13-4-2-3-5-18(13)23/h2-11H,12H2,1H3,(H,24,25). The Bertz CT molecular complexity index is 1110. The number of anilines is 1. The smallest absolute Gasteiger partial charge is 0.128 e. The van der Waals surface area contributed by atoms with E-state index in [0.29, 0.717) is 17.1 Å². The van der Waals surface area contributed by atoms with Crippen LogP contribution in [0.1, 0.15) is 5.56 Å². The zero-order valence-electron chi connectivity index (χ0n) is 14.1. The molecular weight excluding hydrogens is 351 g/mol. The van der Waals surface area contributed by atoms with Crippen molar-refractivity contribution < 1.29 is 9.13 Å². The Balaban J connectivity index is 1.89. The summed E-state index contributed by atoms with van der Waals surface area (Å²) in [4.78, 5) is 4.69. The number of aromatic nitrogens is 1. The van der Waals surface area contributed by atoms with Gasteiger partial charge in [-0.25, -0.2) is 9.37 Å². The number of nitrogens with one attached hydrogen (secondary N) is 1. The van der Waals surface area contributed by atoms with Gasteiger partial charge in [-0.2, -0.15) is 0 Å². The van der Waals surface area contributed by atoms with E-state index in [1.165, 1.54) is 6.07 Å². The van der Waals surface area contributed by atoms with Crippen molar-refractivity contribution in [1.29, 1.82) is 0 Å². The molecule has 0 aliphatic carbocycles. The Morgan fingerprint density at radius 2 is 1.85 bits per heavy atom. The van der Waals surface area contributed by atoms with E-state index in [1.807, 2.05) is 42.5 Å². The van der Waals surface area contributed by atoms with Crippen LogP contribution in [0.5, 0.6) is 5.75 Å². The number of benzene rings is 3. The Labute approximate surface area is 155 Å². The van der Waals surface area contributed by atoms with Crippen molar-refractivity contribution >= 4 is 39.1 Å². The number of hydrogen-bond acceptors (Lipinski definition) is 3. The number of ether oxygens (including phenoxy) is 1. The molecule has 3 nitrogen and oxygen atoms in total. The average molecular weight is 367 g/mol. The summed E-state index contributed by atoms with van der Waals surface area (Å²) in [5.41, 5.74) is 3.08. The number of nitrogens with zero attached hydrogens (tertiary/aromatic N) is 1. The Hall–Kier alpha value is -2.85. The van der Waals surface area contributed by atoms with E-state index in [4.69, 9.17) is 21.3 Å². The SMILES string of the molecule is COc1ccc2nc3cc(Cl)ccc3c(NCc3ccccc3F)c2c1. The predicted octanol–water partition coefficient (Wildman–Crippen LogP) is 5.80. The number of rotatable bonds is 4. The quantitative estimate of drug-likeness (QED) is 0.463. The normalized spacial score (nSPS) is 11.0. The highest BCUT2D eigenvalue weighted by Gasteiger charge is 2.11. The number of methoxy groups -OCH3 is 1. The van der Waals surface area contributed by atoms with Crippen molar-refractivity contribution in [3.05, 3.63) is 77.1 Å². The van der Waals surface area contributed by atoms with Crippen LogP contribution >= 0.6 is 11.6 Å². The van der Waals surface area contributed by atoms with Gasteiger partial charge in [0.25, 0.3) is 0 Å². The van der Waals surface area contributed by atoms with Crippen LogP contribution in [0.4, 0.5) is 10.1 Å². The highest BCUT2D eigenvalue weighted by molar-refractivity contribution is 6.31. The molecule has 4 rings (SSSR count). The molecule has 0 amide bonds. The van der Waals surface area contributed by atoms with E-state index in [1.54, 1.807) is 19.2 Å². The summed E-state index contributed by atoms with van der Waals surface area (Å²) < 4.78 is 19.4. The lowest BCUT2D eigenvalue weighted by atomic mass is 10.1. The minimum absolute atomic E-state index is 0.233. The molecule has 1 N–H and O–H groups in total. The van der Waals surface area contributed by atoms with E-state index < -0.39 is 0 Å². The van der Waals surface area contributed by atoms with Gasteiger partial charge in [0.05, 0.1) is 23.8 Å². The summed E-state index contributed by atoms with van der Waals surface area (Å²) in [7, 11) is 1.63. The molecular formula is C21H16ClFN2O. The maximum absolute atomic E-state index is 14.0. The number of halogens is 2. The molecule has 0 aliphatic heterocycles. The van der Waals surface area contributed by atoms with Crippen molar-refractivity contribution in [2.45, 2.75) is 6.54 Å². The van der Waals surface area contributed by atoms with E-state index >= 15 is 0 Å². The lowest BCUT2D eigenvalue weighted by Crippen LogP contribution is -2.03. The molecule has 130 valence electrons. The number of fused-ring (bicyclic) bond motifs is 2. The van der Waals surface area contributed by atoms with E-state index in [-0.39, 0.29) is 5.82 Å². The first-order chi connectivity index (χ1) is 12.7. The first-order valence-electron chi connectivity index (χ1n) is 8.20. The molecule has 0 radical (unpaired) electrons. The molecule has 0 atom stereocenters. The third kappa shape index (κ3) is 3.04. The van der Waals surface area contributed by atoms with Crippen LogP contribution in [-0.4, -0.2) is 12.1 Å². The molecule has 5 heteroatoms. The minimum Gasteiger partial charge on any atom is -0.497 e. The molecule has 26 heavy (non-hydrogen) atoms. The molecule has 0 aliphatic rings. The molecule has 1 heterocycles. The third-order valence-corrected chi connectivity index (χ3v) is 4.59. The maximum Gasteiger partial charge on any atom is 0.128 e. The molecule has 4 aromatic rings. The average Bonchev–Trinajstić information content (AvgIpc) is 2.65. The van der Waals surface area contributed by atoms with Gasteiger partial charge in [-0.1, -0.05) is 29.8 Å². The lowest BCUT2D eigenvalue weighted by molar-refractivity contribution is 0.415. The van der Waals surface area contributed by atoms with Gasteiger partial charge in [-0.15, -0.1) is 0 Å². The van der Waals surface area contributed by atoms with Gasteiger partial charge in [-0.05, 0) is 42.5 Å². The fourth-order valence-electron chi connectivity index (χ4n) is 3.04. The van der Waals surface area contributed by atoms with Gasteiger partial charge < -0.3 is 10.1 Å². The van der Waals surface area contributed by atoms with Crippen LogP contribution in [-0.2, 0) is 6.54 Å². The zero-order valence-corrected chi connectivity index (χ0v) is 14.8. The van der Waals surface area contributed by atoms with Gasteiger partial charge in [0.15, 0.2) is 0 Å². The molecule has 0 fully saturated rings.